The summed E-state index contributed by atoms with van der Waals surface area (Å²) < 4.78 is 1.13. The number of fused-ring (bicyclic) bond motifs is 3. The molecule has 33 heavy (non-hydrogen) atoms. The molecule has 4 aromatic carbocycles. The summed E-state index contributed by atoms with van der Waals surface area (Å²) in [6.45, 7) is 0. The Hall–Kier alpha value is -3.35. The van der Waals surface area contributed by atoms with Crippen molar-refractivity contribution in [3.05, 3.63) is 129 Å². The number of aromatic nitrogens is 2. The van der Waals surface area contributed by atoms with Crippen LogP contribution >= 0.6 is 22.6 Å². The van der Waals surface area contributed by atoms with Gasteiger partial charge < -0.3 is 5.11 Å². The van der Waals surface area contributed by atoms with Gasteiger partial charge in [0, 0.05) is 31.4 Å². The second-order valence-corrected chi connectivity index (χ2v) is 9.42. The normalized spacial score (nSPS) is 16.3. The van der Waals surface area contributed by atoms with Crippen molar-refractivity contribution in [1.29, 1.82) is 0 Å². The van der Waals surface area contributed by atoms with Gasteiger partial charge in [-0.25, -0.2) is 0 Å². The monoisotopic (exact) mass is 538 g/mol. The van der Waals surface area contributed by atoms with E-state index in [9.17, 15) is 5.11 Å². The maximum Gasteiger partial charge on any atom is 0.144 e. The van der Waals surface area contributed by atoms with Crippen LogP contribution in [0.5, 0.6) is 0 Å². The van der Waals surface area contributed by atoms with Gasteiger partial charge in [-0.2, -0.15) is 0 Å². The number of benzene rings is 4. The first-order valence-electron chi connectivity index (χ1n) is 10.8. The highest BCUT2D eigenvalue weighted by Gasteiger charge is 2.45. The minimum atomic E-state index is -1.34. The fraction of sp³-hybridized carbons (Fsp3) is 0.0345. The van der Waals surface area contributed by atoms with Gasteiger partial charge in [0.15, 0.2) is 0 Å². The molecule has 0 aliphatic heterocycles. The van der Waals surface area contributed by atoms with Crippen LogP contribution in [0, 0.1) is 3.57 Å². The minimum Gasteiger partial charge on any atom is -0.376 e. The third-order valence-electron chi connectivity index (χ3n) is 6.28. The zero-order chi connectivity index (χ0) is 22.4. The molecule has 1 N–H and O–H groups in total. The molecule has 5 aromatic rings. The van der Waals surface area contributed by atoms with E-state index in [2.05, 4.69) is 57.1 Å². The summed E-state index contributed by atoms with van der Waals surface area (Å²) in [7, 11) is 0. The molecule has 4 heteroatoms. The third kappa shape index (κ3) is 3.21. The largest absolute Gasteiger partial charge is 0.376 e. The van der Waals surface area contributed by atoms with E-state index in [1.807, 2.05) is 84.9 Å². The molecule has 0 amide bonds. The zero-order valence-corrected chi connectivity index (χ0v) is 19.8. The van der Waals surface area contributed by atoms with Crippen molar-refractivity contribution in [3.8, 4) is 33.6 Å². The number of halogens is 1. The molecular weight excluding hydrogens is 519 g/mol. The van der Waals surface area contributed by atoms with Crippen LogP contribution < -0.4 is 0 Å². The number of aliphatic hydroxyl groups is 1. The maximum atomic E-state index is 12.6. The van der Waals surface area contributed by atoms with Crippen LogP contribution in [0.2, 0.25) is 0 Å². The van der Waals surface area contributed by atoms with E-state index in [0.717, 1.165) is 53.9 Å². The summed E-state index contributed by atoms with van der Waals surface area (Å²) in [4.78, 5) is 0. The van der Waals surface area contributed by atoms with Crippen molar-refractivity contribution >= 4 is 22.6 Å². The van der Waals surface area contributed by atoms with Crippen LogP contribution in [-0.2, 0) is 5.60 Å². The molecule has 158 valence electrons. The number of hydrogen-bond acceptors (Lipinski definition) is 3. The molecule has 0 saturated heterocycles. The van der Waals surface area contributed by atoms with Gasteiger partial charge in [0.2, 0.25) is 0 Å². The summed E-state index contributed by atoms with van der Waals surface area (Å²) >= 11 is 2.30. The molecule has 0 fully saturated rings. The van der Waals surface area contributed by atoms with Crippen molar-refractivity contribution in [1.82, 2.24) is 10.2 Å². The van der Waals surface area contributed by atoms with Crippen molar-refractivity contribution in [2.45, 2.75) is 5.60 Å². The van der Waals surface area contributed by atoms with Gasteiger partial charge in [0.25, 0.3) is 0 Å². The first-order chi connectivity index (χ1) is 16.2. The second kappa shape index (κ2) is 7.90. The molecule has 6 rings (SSSR count). The van der Waals surface area contributed by atoms with Crippen LogP contribution in [-0.4, -0.2) is 15.3 Å². The summed E-state index contributed by atoms with van der Waals surface area (Å²) in [5.41, 5.74) is 6.51. The van der Waals surface area contributed by atoms with Crippen molar-refractivity contribution in [2.75, 3.05) is 0 Å². The van der Waals surface area contributed by atoms with Gasteiger partial charge >= 0.3 is 0 Å². The van der Waals surface area contributed by atoms with Crippen LogP contribution in [0.1, 0.15) is 16.7 Å². The number of nitrogens with zero attached hydrogens (tertiary/aromatic N) is 2. The molecule has 0 radical (unpaired) electrons. The average molecular weight is 538 g/mol. The van der Waals surface area contributed by atoms with E-state index in [1.165, 1.54) is 0 Å². The zero-order valence-electron chi connectivity index (χ0n) is 17.6. The smallest absolute Gasteiger partial charge is 0.144 e. The second-order valence-electron chi connectivity index (χ2n) is 8.17. The molecule has 0 saturated carbocycles. The predicted molar refractivity (Wildman–Crippen MR) is 140 cm³/mol. The van der Waals surface area contributed by atoms with Gasteiger partial charge in [-0.3, -0.25) is 0 Å². The lowest BCUT2D eigenvalue weighted by Crippen LogP contribution is -2.27. The molecule has 1 aliphatic rings. The van der Waals surface area contributed by atoms with E-state index < -0.39 is 5.60 Å². The van der Waals surface area contributed by atoms with Gasteiger partial charge in [0.1, 0.15) is 11.3 Å². The molecule has 0 spiro atoms. The van der Waals surface area contributed by atoms with Crippen LogP contribution in [0.15, 0.2) is 109 Å². The molecule has 0 bridgehead atoms. The van der Waals surface area contributed by atoms with Gasteiger partial charge in [0.05, 0.1) is 5.69 Å². The summed E-state index contributed by atoms with van der Waals surface area (Å²) in [6, 6.07) is 36.4. The third-order valence-corrected chi connectivity index (χ3v) is 6.95. The average Bonchev–Trinajstić information content (AvgIpc) is 3.13. The Kier molecular flexibility index (Phi) is 4.85. The topological polar surface area (TPSA) is 46.0 Å². The molecule has 1 aromatic heterocycles. The summed E-state index contributed by atoms with van der Waals surface area (Å²) in [6.07, 6.45) is 0. The van der Waals surface area contributed by atoms with E-state index >= 15 is 0 Å². The van der Waals surface area contributed by atoms with Crippen molar-refractivity contribution in [2.24, 2.45) is 0 Å². The lowest BCUT2D eigenvalue weighted by Gasteiger charge is -2.29. The Balaban J connectivity index is 1.64. The molecule has 1 heterocycles. The molecule has 3 nitrogen and oxygen atoms in total. The first-order valence-corrected chi connectivity index (χ1v) is 11.9. The Morgan fingerprint density at radius 2 is 1.21 bits per heavy atom. The number of hydrogen-bond donors (Lipinski definition) is 1. The van der Waals surface area contributed by atoms with Crippen LogP contribution in [0.4, 0.5) is 0 Å². The van der Waals surface area contributed by atoms with E-state index in [-0.39, 0.29) is 0 Å². The quantitative estimate of drug-likeness (QED) is 0.261. The SMILES string of the molecule is OC1(c2ccccc2-c2ccccc2)c2ccccc2-c2nnc(-c3cccc(I)c3)cc21. The van der Waals surface area contributed by atoms with Gasteiger partial charge in [-0.1, -0.05) is 91.0 Å². The standard InChI is InChI=1S/C29H19IN2O/c30-21-12-8-11-20(17-21)27-18-26-28(32-31-27)23-14-5-7-16-25(23)29(26,33)24-15-6-4-13-22(24)19-9-2-1-3-10-19/h1-18,33H. The lowest BCUT2D eigenvalue weighted by molar-refractivity contribution is 0.131. The van der Waals surface area contributed by atoms with Gasteiger partial charge in [-0.15, -0.1) is 10.2 Å². The Morgan fingerprint density at radius 1 is 0.576 bits per heavy atom. The van der Waals surface area contributed by atoms with E-state index in [1.54, 1.807) is 0 Å². The predicted octanol–water partition coefficient (Wildman–Crippen LogP) is 6.68. The van der Waals surface area contributed by atoms with Crippen LogP contribution in [0.3, 0.4) is 0 Å². The minimum absolute atomic E-state index is 0.727. The van der Waals surface area contributed by atoms with E-state index in [0.29, 0.717) is 0 Å². The van der Waals surface area contributed by atoms with Crippen molar-refractivity contribution in [3.63, 3.8) is 0 Å². The van der Waals surface area contributed by atoms with Crippen LogP contribution in [0.25, 0.3) is 33.6 Å². The molecular formula is C29H19IN2O. The maximum absolute atomic E-state index is 12.6. The summed E-state index contributed by atoms with van der Waals surface area (Å²) in [5.74, 6) is 0. The highest BCUT2D eigenvalue weighted by Crippen LogP contribution is 2.52. The summed E-state index contributed by atoms with van der Waals surface area (Å²) in [5, 5.41) is 21.7. The Morgan fingerprint density at radius 3 is 1.97 bits per heavy atom. The Labute approximate surface area is 205 Å². The lowest BCUT2D eigenvalue weighted by atomic mass is 9.80. The highest BCUT2D eigenvalue weighted by atomic mass is 127. The van der Waals surface area contributed by atoms with E-state index in [4.69, 9.17) is 0 Å². The number of rotatable bonds is 3. The van der Waals surface area contributed by atoms with Gasteiger partial charge in [-0.05, 0) is 51.9 Å². The first kappa shape index (κ1) is 20.3. The fourth-order valence-corrected chi connectivity index (χ4v) is 5.31. The Bertz CT molecular complexity index is 1500. The molecule has 1 aliphatic carbocycles. The highest BCUT2D eigenvalue weighted by molar-refractivity contribution is 14.1. The van der Waals surface area contributed by atoms with Crippen molar-refractivity contribution < 1.29 is 5.11 Å². The molecule has 1 atom stereocenters. The fourth-order valence-electron chi connectivity index (χ4n) is 4.76. The molecule has 1 unspecified atom stereocenters.